The summed E-state index contributed by atoms with van der Waals surface area (Å²) in [6, 6.07) is 5.38. The van der Waals surface area contributed by atoms with Crippen LogP contribution >= 0.6 is 0 Å². The van der Waals surface area contributed by atoms with Crippen LogP contribution in [0.25, 0.3) is 0 Å². The Kier molecular flexibility index (Phi) is 5.96. The van der Waals surface area contributed by atoms with E-state index in [2.05, 4.69) is 36.3 Å². The molecule has 0 fully saturated rings. The van der Waals surface area contributed by atoms with Crippen molar-refractivity contribution in [2.75, 3.05) is 4.90 Å². The van der Waals surface area contributed by atoms with E-state index in [1.54, 1.807) is 30.4 Å². The molecule has 0 saturated carbocycles. The van der Waals surface area contributed by atoms with Crippen molar-refractivity contribution in [3.05, 3.63) is 103 Å². The molecule has 1 aliphatic rings. The van der Waals surface area contributed by atoms with Gasteiger partial charge in [-0.15, -0.1) is 0 Å². The van der Waals surface area contributed by atoms with E-state index < -0.39 is 0 Å². The third kappa shape index (κ3) is 3.72. The van der Waals surface area contributed by atoms with Crippen molar-refractivity contribution >= 4 is 32.9 Å². The van der Waals surface area contributed by atoms with Crippen LogP contribution in [0.3, 0.4) is 0 Å². The molecule has 1 aromatic rings. The summed E-state index contributed by atoms with van der Waals surface area (Å²) in [5, 5.41) is 0. The van der Waals surface area contributed by atoms with Gasteiger partial charge in [0, 0.05) is 17.3 Å². The van der Waals surface area contributed by atoms with Gasteiger partial charge < -0.3 is 0 Å². The van der Waals surface area contributed by atoms with Gasteiger partial charge in [-0.1, -0.05) is 68.2 Å². The summed E-state index contributed by atoms with van der Waals surface area (Å²) in [6.45, 7) is 15.1. The topological polar surface area (TPSA) is 28.5 Å². The molecule has 3 nitrogen and oxygen atoms in total. The van der Waals surface area contributed by atoms with Gasteiger partial charge in [0.15, 0.2) is 0 Å². The second-order valence-corrected chi connectivity index (χ2v) is 5.06. The number of hydrogen-bond acceptors (Lipinski definition) is 2. The molecule has 0 N–H and O–H groups in total. The van der Waals surface area contributed by atoms with E-state index in [1.165, 1.54) is 6.20 Å². The Balaban J connectivity index is 2.83. The number of nitrogens with zero attached hydrogens (tertiary/aromatic N) is 3. The second kappa shape index (κ2) is 8.15. The van der Waals surface area contributed by atoms with Crippen molar-refractivity contribution in [2.45, 2.75) is 0 Å². The van der Waals surface area contributed by atoms with Crippen LogP contribution in [0.4, 0.5) is 5.82 Å². The average Bonchev–Trinajstić information content (AvgIpc) is 2.88. The van der Waals surface area contributed by atoms with E-state index in [4.69, 9.17) is 15.7 Å². The predicted molar refractivity (Wildman–Crippen MR) is 109 cm³/mol. The maximum atomic E-state index is 5.98. The van der Waals surface area contributed by atoms with Crippen molar-refractivity contribution in [3.8, 4) is 0 Å². The fraction of sp³-hybridized carbons (Fsp3) is 0. The van der Waals surface area contributed by atoms with Crippen molar-refractivity contribution in [1.82, 2.24) is 4.98 Å². The maximum absolute atomic E-state index is 5.98. The molecular weight excluding hydrogens is 304 g/mol. The molecule has 2 rings (SSSR count). The lowest BCUT2D eigenvalue weighted by atomic mass is 9.93. The largest absolute Gasteiger partial charge is 0.278 e. The molecule has 0 saturated heterocycles. The zero-order valence-corrected chi connectivity index (χ0v) is 14.0. The number of allylic oxidation sites excluding steroid dienone is 6. The SMILES string of the molecule is [B]/C(C=C)=C/C1=C(C=C)C(=C/C=C)/C(=NC=C)N1c1cccc([B])n1. The van der Waals surface area contributed by atoms with E-state index in [1.807, 2.05) is 23.1 Å². The molecule has 0 amide bonds. The van der Waals surface area contributed by atoms with Crippen LogP contribution in [0.1, 0.15) is 0 Å². The zero-order chi connectivity index (χ0) is 18.4. The zero-order valence-electron chi connectivity index (χ0n) is 14.0. The highest BCUT2D eigenvalue weighted by atomic mass is 15.3. The number of aromatic nitrogens is 1. The predicted octanol–water partition coefficient (Wildman–Crippen LogP) is 3.03. The van der Waals surface area contributed by atoms with Gasteiger partial charge in [0.25, 0.3) is 0 Å². The Morgan fingerprint density at radius 3 is 2.52 bits per heavy atom. The molecule has 0 atom stereocenters. The van der Waals surface area contributed by atoms with Gasteiger partial charge in [-0.3, -0.25) is 4.90 Å². The first kappa shape index (κ1) is 18.3. The molecule has 118 valence electrons. The fourth-order valence-corrected chi connectivity index (χ4v) is 2.48. The number of hydrogen-bond donors (Lipinski definition) is 0. The number of aliphatic imine (C=N–C) groups is 1. The summed E-state index contributed by atoms with van der Waals surface area (Å²) in [4.78, 5) is 10.7. The van der Waals surface area contributed by atoms with E-state index in [0.717, 1.165) is 16.8 Å². The lowest BCUT2D eigenvalue weighted by molar-refractivity contribution is 1.19. The first-order valence-electron chi connectivity index (χ1n) is 7.58. The van der Waals surface area contributed by atoms with E-state index in [-0.39, 0.29) is 0 Å². The van der Waals surface area contributed by atoms with Crippen LogP contribution in [0.2, 0.25) is 0 Å². The smallest absolute Gasteiger partial charge is 0.146 e. The molecule has 2 heterocycles. The van der Waals surface area contributed by atoms with Crippen LogP contribution in [0.5, 0.6) is 0 Å². The molecule has 25 heavy (non-hydrogen) atoms. The highest BCUT2D eigenvalue weighted by Crippen LogP contribution is 2.35. The molecule has 0 aliphatic carbocycles. The molecule has 4 radical (unpaired) electrons. The molecule has 1 aliphatic heterocycles. The van der Waals surface area contributed by atoms with Crippen LogP contribution in [-0.2, 0) is 0 Å². The quantitative estimate of drug-likeness (QED) is 0.595. The minimum Gasteiger partial charge on any atom is -0.278 e. The minimum absolute atomic E-state index is 0.400. The summed E-state index contributed by atoms with van der Waals surface area (Å²) in [5.74, 6) is 1.24. The van der Waals surface area contributed by atoms with Gasteiger partial charge in [-0.2, -0.15) is 0 Å². The summed E-state index contributed by atoms with van der Waals surface area (Å²) in [5.41, 5.74) is 3.34. The molecular formula is C20H17B2N3. The summed E-state index contributed by atoms with van der Waals surface area (Å²) in [6.07, 6.45) is 10.1. The van der Waals surface area contributed by atoms with Crippen molar-refractivity contribution in [2.24, 2.45) is 4.99 Å². The van der Waals surface area contributed by atoms with E-state index in [0.29, 0.717) is 22.7 Å². The Morgan fingerprint density at radius 1 is 1.20 bits per heavy atom. The number of pyridine rings is 1. The second-order valence-electron chi connectivity index (χ2n) is 5.06. The molecule has 0 spiro atoms. The fourth-order valence-electron chi connectivity index (χ4n) is 2.48. The molecule has 0 aromatic carbocycles. The lowest BCUT2D eigenvalue weighted by Gasteiger charge is -2.21. The number of anilines is 1. The molecule has 1 aromatic heterocycles. The van der Waals surface area contributed by atoms with Gasteiger partial charge in [-0.05, 0) is 17.7 Å². The number of amidine groups is 1. The Morgan fingerprint density at radius 2 is 1.96 bits per heavy atom. The molecule has 5 heteroatoms. The third-order valence-corrected chi connectivity index (χ3v) is 3.49. The van der Waals surface area contributed by atoms with Gasteiger partial charge in [-0.25, -0.2) is 9.98 Å². The summed E-state index contributed by atoms with van der Waals surface area (Å²) < 4.78 is 0. The molecule has 0 bridgehead atoms. The van der Waals surface area contributed by atoms with Crippen molar-refractivity contribution in [3.63, 3.8) is 0 Å². The first-order valence-corrected chi connectivity index (χ1v) is 7.58. The Bertz CT molecular complexity index is 857. The third-order valence-electron chi connectivity index (χ3n) is 3.49. The monoisotopic (exact) mass is 321 g/mol. The van der Waals surface area contributed by atoms with Gasteiger partial charge in [0.1, 0.15) is 27.3 Å². The van der Waals surface area contributed by atoms with Gasteiger partial charge >= 0.3 is 0 Å². The van der Waals surface area contributed by atoms with Crippen LogP contribution in [0.15, 0.2) is 108 Å². The van der Waals surface area contributed by atoms with Crippen LogP contribution < -0.4 is 10.5 Å². The normalized spacial score (nSPS) is 17.9. The minimum atomic E-state index is 0.400. The highest BCUT2D eigenvalue weighted by Gasteiger charge is 2.32. The summed E-state index contributed by atoms with van der Waals surface area (Å²) in [7, 11) is 11.8. The highest BCUT2D eigenvalue weighted by molar-refractivity contribution is 6.31. The van der Waals surface area contributed by atoms with Crippen molar-refractivity contribution < 1.29 is 0 Å². The standard InChI is InChI=1S/C20H17B2N3/c1-5-10-16-15(7-3)17(13-14(21)6-2)25(20(16)23-8-4)19-12-9-11-18(22)24-19/h5-13H,1-4H2/b14-13+,16-10-,23-20?. The van der Waals surface area contributed by atoms with Gasteiger partial charge in [0.2, 0.25) is 0 Å². The van der Waals surface area contributed by atoms with E-state index in [9.17, 15) is 0 Å². The average molecular weight is 321 g/mol. The van der Waals surface area contributed by atoms with Crippen LogP contribution in [-0.4, -0.2) is 26.5 Å². The van der Waals surface area contributed by atoms with E-state index >= 15 is 0 Å². The van der Waals surface area contributed by atoms with Gasteiger partial charge in [0.05, 0.1) is 5.70 Å². The first-order chi connectivity index (χ1) is 12.1. The molecule has 0 unspecified atom stereocenters. The maximum Gasteiger partial charge on any atom is 0.146 e. The number of rotatable bonds is 6. The van der Waals surface area contributed by atoms with Crippen molar-refractivity contribution in [1.29, 1.82) is 0 Å². The summed E-state index contributed by atoms with van der Waals surface area (Å²) >= 11 is 0. The van der Waals surface area contributed by atoms with Crippen LogP contribution in [0, 0.1) is 0 Å². The Hall–Kier alpha value is -3.07. The lowest BCUT2D eigenvalue weighted by Crippen LogP contribution is -2.28. The Labute approximate surface area is 151 Å².